The van der Waals surface area contributed by atoms with E-state index in [-0.39, 0.29) is 29.8 Å². The third kappa shape index (κ3) is 6.25. The highest BCUT2D eigenvalue weighted by atomic mass is 19.1. The Morgan fingerprint density at radius 3 is 2.57 bits per heavy atom. The highest BCUT2D eigenvalue weighted by molar-refractivity contribution is 5.88. The first kappa shape index (κ1) is 26.3. The van der Waals surface area contributed by atoms with E-state index in [4.69, 9.17) is 0 Å². The van der Waals surface area contributed by atoms with E-state index >= 15 is 0 Å². The van der Waals surface area contributed by atoms with Crippen LogP contribution in [0.15, 0.2) is 48.5 Å². The van der Waals surface area contributed by atoms with Crippen molar-refractivity contribution in [3.63, 3.8) is 0 Å². The normalized spacial score (nSPS) is 17.1. The third-order valence-corrected chi connectivity index (χ3v) is 7.03. The SMILES string of the molecule is CC(C)C(C#N)(CCCCC(=O)N1CCC[C@@H]1C(=O)NCc1ccc(F)cc1F)c1ccccc1. The van der Waals surface area contributed by atoms with Crippen LogP contribution in [0.1, 0.15) is 63.5 Å². The van der Waals surface area contributed by atoms with E-state index in [1.807, 2.05) is 44.2 Å². The van der Waals surface area contributed by atoms with Gasteiger partial charge < -0.3 is 10.2 Å². The number of hydrogen-bond donors (Lipinski definition) is 1. The maximum Gasteiger partial charge on any atom is 0.243 e. The smallest absolute Gasteiger partial charge is 0.243 e. The van der Waals surface area contributed by atoms with E-state index in [2.05, 4.69) is 11.4 Å². The Bertz CT molecular complexity index is 1070. The zero-order chi connectivity index (χ0) is 25.4. The van der Waals surface area contributed by atoms with E-state index in [9.17, 15) is 23.6 Å². The zero-order valence-electron chi connectivity index (χ0n) is 20.4. The Kier molecular flexibility index (Phi) is 8.97. The average molecular weight is 482 g/mol. The number of nitriles is 1. The molecule has 1 fully saturated rings. The highest BCUT2D eigenvalue weighted by Gasteiger charge is 2.36. The number of halogens is 2. The molecule has 0 aromatic heterocycles. The van der Waals surface area contributed by atoms with Gasteiger partial charge in [0.1, 0.15) is 17.7 Å². The van der Waals surface area contributed by atoms with Crippen molar-refractivity contribution in [2.45, 2.75) is 70.4 Å². The molecule has 2 atom stereocenters. The first-order chi connectivity index (χ1) is 16.8. The van der Waals surface area contributed by atoms with Crippen molar-refractivity contribution in [1.29, 1.82) is 5.26 Å². The van der Waals surface area contributed by atoms with Crippen molar-refractivity contribution >= 4 is 11.8 Å². The van der Waals surface area contributed by atoms with Crippen LogP contribution in [0.3, 0.4) is 0 Å². The fourth-order valence-corrected chi connectivity index (χ4v) is 4.88. The molecule has 35 heavy (non-hydrogen) atoms. The van der Waals surface area contributed by atoms with Crippen LogP contribution in [0.5, 0.6) is 0 Å². The molecule has 0 spiro atoms. The molecule has 1 aliphatic heterocycles. The van der Waals surface area contributed by atoms with Gasteiger partial charge in [0.05, 0.1) is 11.5 Å². The largest absolute Gasteiger partial charge is 0.350 e. The van der Waals surface area contributed by atoms with Crippen LogP contribution in [-0.4, -0.2) is 29.3 Å². The van der Waals surface area contributed by atoms with Crippen molar-refractivity contribution in [2.24, 2.45) is 5.92 Å². The van der Waals surface area contributed by atoms with Crippen molar-refractivity contribution in [3.8, 4) is 6.07 Å². The number of likely N-dealkylation sites (tertiary alicyclic amines) is 1. The van der Waals surface area contributed by atoms with Gasteiger partial charge in [-0.05, 0) is 43.2 Å². The maximum absolute atomic E-state index is 13.8. The number of unbranched alkanes of at least 4 members (excludes halogenated alkanes) is 1. The molecule has 1 saturated heterocycles. The van der Waals surface area contributed by atoms with Crippen molar-refractivity contribution in [1.82, 2.24) is 10.2 Å². The number of carbonyl (C=O) groups is 2. The fourth-order valence-electron chi connectivity index (χ4n) is 4.88. The third-order valence-electron chi connectivity index (χ3n) is 7.03. The number of benzene rings is 2. The van der Waals surface area contributed by atoms with Crippen LogP contribution in [-0.2, 0) is 21.5 Å². The molecule has 7 heteroatoms. The van der Waals surface area contributed by atoms with Gasteiger partial charge in [-0.2, -0.15) is 5.26 Å². The van der Waals surface area contributed by atoms with Crippen molar-refractivity contribution < 1.29 is 18.4 Å². The molecular weight excluding hydrogens is 448 g/mol. The van der Waals surface area contributed by atoms with Gasteiger partial charge in [0.2, 0.25) is 11.8 Å². The van der Waals surface area contributed by atoms with Gasteiger partial charge >= 0.3 is 0 Å². The van der Waals surface area contributed by atoms with Gasteiger partial charge in [-0.3, -0.25) is 9.59 Å². The molecule has 3 rings (SSSR count). The number of amides is 2. The second-order valence-electron chi connectivity index (χ2n) is 9.51. The predicted molar refractivity (Wildman–Crippen MR) is 130 cm³/mol. The quantitative estimate of drug-likeness (QED) is 0.471. The van der Waals surface area contributed by atoms with Gasteiger partial charge in [-0.25, -0.2) is 8.78 Å². The number of nitrogens with one attached hydrogen (secondary N) is 1. The average Bonchev–Trinajstić information content (AvgIpc) is 3.34. The summed E-state index contributed by atoms with van der Waals surface area (Å²) in [6.45, 7) is 4.55. The molecule has 2 amide bonds. The summed E-state index contributed by atoms with van der Waals surface area (Å²) in [5, 5.41) is 12.7. The maximum atomic E-state index is 13.8. The molecule has 1 heterocycles. The summed E-state index contributed by atoms with van der Waals surface area (Å²) < 4.78 is 26.9. The van der Waals surface area contributed by atoms with Gasteiger partial charge in [0.15, 0.2) is 0 Å². The number of carbonyl (C=O) groups excluding carboxylic acids is 2. The molecule has 0 radical (unpaired) electrons. The molecule has 0 aliphatic carbocycles. The molecule has 0 bridgehead atoms. The van der Waals surface area contributed by atoms with Gasteiger partial charge in [-0.15, -0.1) is 0 Å². The number of hydrogen-bond acceptors (Lipinski definition) is 3. The van der Waals surface area contributed by atoms with E-state index in [0.717, 1.165) is 30.5 Å². The van der Waals surface area contributed by atoms with E-state index in [1.54, 1.807) is 4.90 Å². The van der Waals surface area contributed by atoms with E-state index < -0.39 is 23.1 Å². The molecule has 1 N–H and O–H groups in total. The highest BCUT2D eigenvalue weighted by Crippen LogP contribution is 2.37. The minimum absolute atomic E-state index is 0.0611. The Hall–Kier alpha value is -3.27. The lowest BCUT2D eigenvalue weighted by Crippen LogP contribution is -2.45. The first-order valence-electron chi connectivity index (χ1n) is 12.3. The van der Waals surface area contributed by atoms with Gasteiger partial charge in [0, 0.05) is 31.1 Å². The Balaban J connectivity index is 1.52. The second kappa shape index (κ2) is 11.9. The molecule has 1 aliphatic rings. The van der Waals surface area contributed by atoms with Crippen molar-refractivity contribution in [3.05, 3.63) is 71.3 Å². The summed E-state index contributed by atoms with van der Waals surface area (Å²) in [6.07, 6.45) is 3.61. The topological polar surface area (TPSA) is 73.2 Å². The standard InChI is InChI=1S/C28H33F2N3O2/c1-20(2)28(19-31,22-9-4-3-5-10-22)15-7-6-12-26(34)33-16-8-11-25(33)27(35)32-18-21-13-14-23(29)17-24(21)30/h3-5,9-10,13-14,17,20,25H,6-8,11-12,15-16,18H2,1-2H3,(H,32,35)/t25-,28?/m1/s1. The summed E-state index contributed by atoms with van der Waals surface area (Å²) in [5.41, 5.74) is 0.591. The molecular formula is C28H33F2N3O2. The first-order valence-corrected chi connectivity index (χ1v) is 12.3. The summed E-state index contributed by atoms with van der Waals surface area (Å²) in [5.74, 6) is -1.66. The Morgan fingerprint density at radius 1 is 1.17 bits per heavy atom. The summed E-state index contributed by atoms with van der Waals surface area (Å²) in [6, 6.07) is 15.0. The van der Waals surface area contributed by atoms with Crippen LogP contribution in [0, 0.1) is 28.9 Å². The Morgan fingerprint density at radius 2 is 1.91 bits per heavy atom. The monoisotopic (exact) mass is 481 g/mol. The lowest BCUT2D eigenvalue weighted by Gasteiger charge is -2.31. The van der Waals surface area contributed by atoms with Crippen LogP contribution in [0.2, 0.25) is 0 Å². The molecule has 2 aromatic carbocycles. The van der Waals surface area contributed by atoms with Gasteiger partial charge in [0.25, 0.3) is 0 Å². The Labute approximate surface area is 206 Å². The van der Waals surface area contributed by atoms with Crippen LogP contribution >= 0.6 is 0 Å². The van der Waals surface area contributed by atoms with Crippen LogP contribution in [0.25, 0.3) is 0 Å². The summed E-state index contributed by atoms with van der Waals surface area (Å²) in [4.78, 5) is 27.2. The minimum Gasteiger partial charge on any atom is -0.350 e. The molecule has 5 nitrogen and oxygen atoms in total. The molecule has 2 aromatic rings. The lowest BCUT2D eigenvalue weighted by atomic mass is 9.69. The molecule has 1 unspecified atom stereocenters. The van der Waals surface area contributed by atoms with E-state index in [0.29, 0.717) is 32.2 Å². The number of rotatable bonds is 10. The van der Waals surface area contributed by atoms with Crippen LogP contribution < -0.4 is 5.32 Å². The second-order valence-corrected chi connectivity index (χ2v) is 9.51. The predicted octanol–water partition coefficient (Wildman–Crippen LogP) is 5.25. The lowest BCUT2D eigenvalue weighted by molar-refractivity contribution is -0.138. The zero-order valence-corrected chi connectivity index (χ0v) is 20.4. The minimum atomic E-state index is -0.713. The summed E-state index contributed by atoms with van der Waals surface area (Å²) in [7, 11) is 0. The van der Waals surface area contributed by atoms with Crippen LogP contribution in [0.4, 0.5) is 8.78 Å². The van der Waals surface area contributed by atoms with Crippen molar-refractivity contribution in [2.75, 3.05) is 6.54 Å². The molecule has 0 saturated carbocycles. The molecule has 186 valence electrons. The van der Waals surface area contributed by atoms with E-state index in [1.165, 1.54) is 6.07 Å². The van der Waals surface area contributed by atoms with Gasteiger partial charge in [-0.1, -0.05) is 56.7 Å². The summed E-state index contributed by atoms with van der Waals surface area (Å²) >= 11 is 0. The number of nitrogens with zero attached hydrogens (tertiary/aromatic N) is 2. The fraction of sp³-hybridized carbons (Fsp3) is 0.464.